The maximum absolute atomic E-state index is 11.0. The molecule has 0 aromatic heterocycles. The minimum Gasteiger partial charge on any atom is -0.871 e. The van der Waals surface area contributed by atoms with Crippen LogP contribution in [0.4, 0.5) is 0 Å². The first-order valence-electron chi connectivity index (χ1n) is 2.92. The molecule has 0 saturated carbocycles. The van der Waals surface area contributed by atoms with Gasteiger partial charge in [-0.15, -0.1) is 0 Å². The van der Waals surface area contributed by atoms with Gasteiger partial charge in [-0.05, 0) is 12.1 Å². The van der Waals surface area contributed by atoms with Crippen LogP contribution in [-0.2, 0) is 0 Å². The van der Waals surface area contributed by atoms with Crippen LogP contribution in [0.3, 0.4) is 0 Å². The van der Waals surface area contributed by atoms with Crippen LogP contribution in [0.1, 0.15) is 10.4 Å². The summed E-state index contributed by atoms with van der Waals surface area (Å²) in [5.74, 6) is -2.12. The molecule has 0 heterocycles. The standard InChI is InChI=1S/C7H4Cl2O3.2K/c8-3-1-2-4(9)6(10)5(3)7(11)12;;/h1-2,10H,(H,11,12);;/q;2*+1/p-1. The Hall–Kier alpha value is 2.34. The Bertz CT molecular complexity index is 344. The number of benzene rings is 1. The molecule has 7 heteroatoms. The smallest absolute Gasteiger partial charge is 0.871 e. The van der Waals surface area contributed by atoms with Crippen molar-refractivity contribution < 1.29 is 118 Å². The van der Waals surface area contributed by atoms with E-state index in [-0.39, 0.29) is 113 Å². The first kappa shape index (κ1) is 18.7. The fraction of sp³-hybridized carbons (Fsp3) is 0. The van der Waals surface area contributed by atoms with Crippen LogP contribution >= 0.6 is 23.2 Å². The monoisotopic (exact) mass is 283 g/mol. The van der Waals surface area contributed by atoms with Crippen LogP contribution in [0.5, 0.6) is 5.75 Å². The molecule has 0 spiro atoms. The predicted molar refractivity (Wildman–Crippen MR) is 42.9 cm³/mol. The number of hydrogen-bond acceptors (Lipinski definition) is 2. The molecule has 0 atom stereocenters. The molecule has 0 amide bonds. The van der Waals surface area contributed by atoms with Crippen molar-refractivity contribution in [3.63, 3.8) is 0 Å². The zero-order valence-corrected chi connectivity index (χ0v) is 15.4. The second kappa shape index (κ2) is 8.44. The number of hydrogen-bond donors (Lipinski definition) is 1. The summed E-state index contributed by atoms with van der Waals surface area (Å²) in [6, 6.07) is 2.54. The second-order valence-corrected chi connectivity index (χ2v) is 2.85. The van der Waals surface area contributed by atoms with Crippen molar-refractivity contribution in [1.29, 1.82) is 0 Å². The minimum atomic E-state index is -1.37. The average molecular weight is 284 g/mol. The molecule has 3 nitrogen and oxygen atoms in total. The molecule has 64 valence electrons. The SMILES string of the molecule is O=C(O)c1c(Cl)ccc(Cl)c1[O-].[K+].[K+]. The third-order valence-corrected chi connectivity index (χ3v) is 1.89. The summed E-state index contributed by atoms with van der Waals surface area (Å²) in [4.78, 5) is 10.5. The van der Waals surface area contributed by atoms with Crippen molar-refractivity contribution in [3.05, 3.63) is 27.7 Å². The van der Waals surface area contributed by atoms with Crippen molar-refractivity contribution in [2.75, 3.05) is 0 Å². The Kier molecular flexibility index (Phi) is 11.3. The third-order valence-electron chi connectivity index (χ3n) is 1.27. The quantitative estimate of drug-likeness (QED) is 0.532. The van der Waals surface area contributed by atoms with Crippen molar-refractivity contribution in [2.45, 2.75) is 0 Å². The number of aromatic carboxylic acids is 1. The zero-order valence-electron chi connectivity index (χ0n) is 7.67. The molecule has 0 radical (unpaired) electrons. The van der Waals surface area contributed by atoms with E-state index in [1.54, 1.807) is 0 Å². The van der Waals surface area contributed by atoms with Gasteiger partial charge in [0.2, 0.25) is 0 Å². The van der Waals surface area contributed by atoms with Gasteiger partial charge in [-0.2, -0.15) is 0 Å². The fourth-order valence-corrected chi connectivity index (χ4v) is 1.12. The first-order valence-corrected chi connectivity index (χ1v) is 3.68. The summed E-state index contributed by atoms with van der Waals surface area (Å²) in [5.41, 5.74) is -0.482. The van der Waals surface area contributed by atoms with Crippen molar-refractivity contribution in [1.82, 2.24) is 0 Å². The molecular weight excluding hydrogens is 281 g/mol. The van der Waals surface area contributed by atoms with Crippen LogP contribution in [0, 0.1) is 0 Å². The maximum Gasteiger partial charge on any atom is 1.00 e. The molecule has 1 rings (SSSR count). The van der Waals surface area contributed by atoms with Gasteiger partial charge in [0.25, 0.3) is 0 Å². The number of halogens is 2. The molecule has 1 aromatic carbocycles. The third kappa shape index (κ3) is 4.69. The van der Waals surface area contributed by atoms with Gasteiger partial charge in [0.05, 0.1) is 10.6 Å². The van der Waals surface area contributed by atoms with E-state index in [1.165, 1.54) is 12.1 Å². The zero-order chi connectivity index (χ0) is 9.30. The molecule has 0 aliphatic rings. The van der Waals surface area contributed by atoms with Gasteiger partial charge in [-0.3, -0.25) is 0 Å². The summed E-state index contributed by atoms with van der Waals surface area (Å²) in [5, 5.41) is 19.3. The Balaban J connectivity index is 0. The molecule has 0 saturated heterocycles. The number of rotatable bonds is 1. The summed E-state index contributed by atoms with van der Waals surface area (Å²) < 4.78 is 0. The molecule has 14 heavy (non-hydrogen) atoms. The minimum absolute atomic E-state index is 0. The number of carboxylic acid groups (broad SMARTS) is 1. The van der Waals surface area contributed by atoms with Crippen LogP contribution < -0.4 is 108 Å². The van der Waals surface area contributed by atoms with Crippen molar-refractivity contribution in [3.8, 4) is 5.75 Å². The molecule has 0 fully saturated rings. The van der Waals surface area contributed by atoms with Gasteiger partial charge in [0.1, 0.15) is 0 Å². The Morgan fingerprint density at radius 1 is 1.21 bits per heavy atom. The maximum atomic E-state index is 11.0. The molecule has 0 aliphatic carbocycles. The molecule has 0 bridgehead atoms. The van der Waals surface area contributed by atoms with Gasteiger partial charge in [-0.25, -0.2) is 4.79 Å². The normalized spacial score (nSPS) is 8.43. The first-order chi connectivity index (χ1) is 5.54. The van der Waals surface area contributed by atoms with E-state index in [0.29, 0.717) is 0 Å². The van der Waals surface area contributed by atoms with E-state index in [1.807, 2.05) is 0 Å². The summed E-state index contributed by atoms with van der Waals surface area (Å²) in [6.45, 7) is 0. The molecule has 1 N–H and O–H groups in total. The van der Waals surface area contributed by atoms with E-state index in [0.717, 1.165) is 0 Å². The Morgan fingerprint density at radius 3 is 2.00 bits per heavy atom. The van der Waals surface area contributed by atoms with E-state index >= 15 is 0 Å². The van der Waals surface area contributed by atoms with Crippen LogP contribution in [0.25, 0.3) is 0 Å². The van der Waals surface area contributed by atoms with Crippen LogP contribution in [0.15, 0.2) is 12.1 Å². The largest absolute Gasteiger partial charge is 1.00 e. The van der Waals surface area contributed by atoms with E-state index in [2.05, 4.69) is 0 Å². The molecule has 1 aromatic rings. The van der Waals surface area contributed by atoms with Gasteiger partial charge in [-0.1, -0.05) is 29.0 Å². The van der Waals surface area contributed by atoms with Crippen LogP contribution in [0.2, 0.25) is 10.0 Å². The van der Waals surface area contributed by atoms with Gasteiger partial charge < -0.3 is 10.2 Å². The summed E-state index contributed by atoms with van der Waals surface area (Å²) >= 11 is 10.9. The fourth-order valence-electron chi connectivity index (χ4n) is 0.732. The molecular formula is C7H3Cl2K2O3+. The van der Waals surface area contributed by atoms with Crippen molar-refractivity contribution >= 4 is 29.2 Å². The Labute approximate surface area is 176 Å². The summed E-state index contributed by atoms with van der Waals surface area (Å²) in [7, 11) is 0. The molecule has 0 unspecified atom stereocenters. The number of carboxylic acids is 1. The van der Waals surface area contributed by atoms with Crippen LogP contribution in [-0.4, -0.2) is 11.1 Å². The Morgan fingerprint density at radius 2 is 1.64 bits per heavy atom. The second-order valence-electron chi connectivity index (χ2n) is 2.04. The topological polar surface area (TPSA) is 60.4 Å². The summed E-state index contributed by atoms with van der Waals surface area (Å²) in [6.07, 6.45) is 0. The van der Waals surface area contributed by atoms with Gasteiger partial charge >= 0.3 is 109 Å². The predicted octanol–water partition coefficient (Wildman–Crippen LogP) is -4.23. The average Bonchev–Trinajstić information content (AvgIpc) is 1.97. The van der Waals surface area contributed by atoms with E-state index in [9.17, 15) is 9.90 Å². The molecule has 0 aliphatic heterocycles. The van der Waals surface area contributed by atoms with E-state index < -0.39 is 17.3 Å². The van der Waals surface area contributed by atoms with Crippen molar-refractivity contribution in [2.24, 2.45) is 0 Å². The van der Waals surface area contributed by atoms with Gasteiger partial charge in [0.15, 0.2) is 0 Å². The van der Waals surface area contributed by atoms with Gasteiger partial charge in [0, 0.05) is 5.02 Å². The number of carbonyl (C=O) groups is 1. The van der Waals surface area contributed by atoms with E-state index in [4.69, 9.17) is 28.3 Å².